The highest BCUT2D eigenvalue weighted by Crippen LogP contribution is 2.20. The standard InChI is InChI=1S/C12H16O2/c1-4-10-8-6-7-9-11(10)14-12(5-2)13-3/h4,6-9,12H,1,5H2,2-3H3. The Bertz CT molecular complexity index is 290. The molecule has 0 saturated carbocycles. The zero-order valence-corrected chi connectivity index (χ0v) is 8.69. The molecule has 0 heterocycles. The monoisotopic (exact) mass is 192 g/mol. The summed E-state index contributed by atoms with van der Waals surface area (Å²) in [4.78, 5) is 0. The molecule has 2 heteroatoms. The predicted molar refractivity (Wildman–Crippen MR) is 58.2 cm³/mol. The topological polar surface area (TPSA) is 18.5 Å². The summed E-state index contributed by atoms with van der Waals surface area (Å²) >= 11 is 0. The van der Waals surface area contributed by atoms with Gasteiger partial charge in [0.1, 0.15) is 5.75 Å². The Kier molecular flexibility index (Phi) is 4.20. The summed E-state index contributed by atoms with van der Waals surface area (Å²) < 4.78 is 10.8. The minimum atomic E-state index is -0.184. The molecule has 0 aliphatic rings. The molecule has 0 N–H and O–H groups in total. The third kappa shape index (κ3) is 2.60. The van der Waals surface area contributed by atoms with Gasteiger partial charge in [-0.1, -0.05) is 37.8 Å². The quantitative estimate of drug-likeness (QED) is 0.667. The third-order valence-electron chi connectivity index (χ3n) is 1.99. The first-order valence-corrected chi connectivity index (χ1v) is 4.72. The largest absolute Gasteiger partial charge is 0.464 e. The van der Waals surface area contributed by atoms with Crippen molar-refractivity contribution in [1.29, 1.82) is 0 Å². The Morgan fingerprint density at radius 3 is 2.71 bits per heavy atom. The van der Waals surface area contributed by atoms with Crippen LogP contribution < -0.4 is 4.74 Å². The molecule has 0 spiro atoms. The summed E-state index contributed by atoms with van der Waals surface area (Å²) in [5, 5.41) is 0. The second kappa shape index (κ2) is 5.45. The minimum absolute atomic E-state index is 0.184. The van der Waals surface area contributed by atoms with Crippen LogP contribution in [0.5, 0.6) is 5.75 Å². The molecule has 0 aliphatic carbocycles. The normalized spacial score (nSPS) is 12.1. The Morgan fingerprint density at radius 1 is 1.43 bits per heavy atom. The molecule has 0 fully saturated rings. The zero-order valence-electron chi connectivity index (χ0n) is 8.69. The Hall–Kier alpha value is -1.28. The fourth-order valence-corrected chi connectivity index (χ4v) is 1.20. The number of hydrogen-bond acceptors (Lipinski definition) is 2. The molecule has 0 amide bonds. The SMILES string of the molecule is C=Cc1ccccc1OC(CC)OC. The van der Waals surface area contributed by atoms with Gasteiger partial charge in [-0.3, -0.25) is 0 Å². The lowest BCUT2D eigenvalue weighted by Crippen LogP contribution is -2.17. The molecule has 1 rings (SSSR count). The lowest BCUT2D eigenvalue weighted by molar-refractivity contribution is -0.0549. The summed E-state index contributed by atoms with van der Waals surface area (Å²) in [6, 6.07) is 7.77. The fraction of sp³-hybridized carbons (Fsp3) is 0.333. The molecule has 1 atom stereocenters. The Balaban J connectivity index is 2.79. The molecule has 2 nitrogen and oxygen atoms in total. The van der Waals surface area contributed by atoms with Crippen molar-refractivity contribution in [1.82, 2.24) is 0 Å². The van der Waals surface area contributed by atoms with E-state index in [2.05, 4.69) is 6.58 Å². The smallest absolute Gasteiger partial charge is 0.199 e. The molecular weight excluding hydrogens is 176 g/mol. The number of para-hydroxylation sites is 1. The summed E-state index contributed by atoms with van der Waals surface area (Å²) in [5.41, 5.74) is 0.989. The van der Waals surface area contributed by atoms with Crippen molar-refractivity contribution < 1.29 is 9.47 Å². The average Bonchev–Trinajstić information content (AvgIpc) is 2.26. The first-order chi connectivity index (χ1) is 6.81. The molecule has 0 saturated heterocycles. The van der Waals surface area contributed by atoms with Crippen LogP contribution in [-0.2, 0) is 4.74 Å². The van der Waals surface area contributed by atoms with E-state index in [4.69, 9.17) is 9.47 Å². The van der Waals surface area contributed by atoms with E-state index < -0.39 is 0 Å². The van der Waals surface area contributed by atoms with Crippen molar-refractivity contribution >= 4 is 6.08 Å². The number of hydrogen-bond donors (Lipinski definition) is 0. The van der Waals surface area contributed by atoms with Crippen molar-refractivity contribution in [2.24, 2.45) is 0 Å². The highest BCUT2D eigenvalue weighted by Gasteiger charge is 2.07. The van der Waals surface area contributed by atoms with Gasteiger partial charge < -0.3 is 9.47 Å². The number of rotatable bonds is 5. The second-order valence-electron chi connectivity index (χ2n) is 2.93. The van der Waals surface area contributed by atoms with E-state index in [-0.39, 0.29) is 6.29 Å². The molecule has 1 aromatic carbocycles. The van der Waals surface area contributed by atoms with Crippen molar-refractivity contribution in [2.45, 2.75) is 19.6 Å². The van der Waals surface area contributed by atoms with Crippen LogP contribution in [0.2, 0.25) is 0 Å². The molecule has 76 valence electrons. The second-order valence-corrected chi connectivity index (χ2v) is 2.93. The first kappa shape index (κ1) is 10.8. The maximum absolute atomic E-state index is 5.64. The van der Waals surface area contributed by atoms with E-state index in [0.717, 1.165) is 17.7 Å². The summed E-state index contributed by atoms with van der Waals surface area (Å²) in [7, 11) is 1.64. The van der Waals surface area contributed by atoms with E-state index in [1.165, 1.54) is 0 Å². The van der Waals surface area contributed by atoms with Crippen LogP contribution in [0, 0.1) is 0 Å². The van der Waals surface area contributed by atoms with Crippen LogP contribution in [0.3, 0.4) is 0 Å². The average molecular weight is 192 g/mol. The van der Waals surface area contributed by atoms with Gasteiger partial charge in [0, 0.05) is 19.1 Å². The lowest BCUT2D eigenvalue weighted by Gasteiger charge is -2.16. The van der Waals surface area contributed by atoms with Gasteiger partial charge in [-0.25, -0.2) is 0 Å². The van der Waals surface area contributed by atoms with Crippen LogP contribution in [0.1, 0.15) is 18.9 Å². The molecular formula is C12H16O2. The van der Waals surface area contributed by atoms with Crippen LogP contribution in [0.15, 0.2) is 30.8 Å². The first-order valence-electron chi connectivity index (χ1n) is 4.72. The summed E-state index contributed by atoms with van der Waals surface area (Å²) in [6.07, 6.45) is 2.41. The van der Waals surface area contributed by atoms with Crippen LogP contribution in [0.25, 0.3) is 6.08 Å². The summed E-state index contributed by atoms with van der Waals surface area (Å²) in [6.45, 7) is 5.75. The van der Waals surface area contributed by atoms with Gasteiger partial charge >= 0.3 is 0 Å². The maximum Gasteiger partial charge on any atom is 0.199 e. The summed E-state index contributed by atoms with van der Waals surface area (Å²) in [5.74, 6) is 0.816. The minimum Gasteiger partial charge on any atom is -0.464 e. The highest BCUT2D eigenvalue weighted by molar-refractivity contribution is 5.55. The molecule has 1 unspecified atom stereocenters. The van der Waals surface area contributed by atoms with E-state index in [0.29, 0.717) is 0 Å². The maximum atomic E-state index is 5.64. The highest BCUT2D eigenvalue weighted by atomic mass is 16.7. The van der Waals surface area contributed by atoms with Crippen molar-refractivity contribution in [2.75, 3.05) is 7.11 Å². The molecule has 14 heavy (non-hydrogen) atoms. The van der Waals surface area contributed by atoms with Gasteiger partial charge in [0.25, 0.3) is 0 Å². The van der Waals surface area contributed by atoms with E-state index in [1.54, 1.807) is 13.2 Å². The van der Waals surface area contributed by atoms with E-state index >= 15 is 0 Å². The van der Waals surface area contributed by atoms with Gasteiger partial charge in [0.15, 0.2) is 6.29 Å². The van der Waals surface area contributed by atoms with Gasteiger partial charge in [0.2, 0.25) is 0 Å². The Morgan fingerprint density at radius 2 is 2.14 bits per heavy atom. The lowest BCUT2D eigenvalue weighted by atomic mass is 10.2. The third-order valence-corrected chi connectivity index (χ3v) is 1.99. The fourth-order valence-electron chi connectivity index (χ4n) is 1.20. The Labute approximate surface area is 85.2 Å². The number of ether oxygens (including phenoxy) is 2. The molecule has 0 aliphatic heterocycles. The van der Waals surface area contributed by atoms with Crippen molar-refractivity contribution in [3.63, 3.8) is 0 Å². The van der Waals surface area contributed by atoms with Gasteiger partial charge in [0.05, 0.1) is 0 Å². The van der Waals surface area contributed by atoms with Crippen molar-refractivity contribution in [3.05, 3.63) is 36.4 Å². The number of methoxy groups -OCH3 is 1. The van der Waals surface area contributed by atoms with Gasteiger partial charge in [-0.15, -0.1) is 0 Å². The van der Waals surface area contributed by atoms with Gasteiger partial charge in [-0.05, 0) is 6.07 Å². The predicted octanol–water partition coefficient (Wildman–Crippen LogP) is 3.09. The van der Waals surface area contributed by atoms with Crippen LogP contribution in [0.4, 0.5) is 0 Å². The van der Waals surface area contributed by atoms with Gasteiger partial charge in [-0.2, -0.15) is 0 Å². The van der Waals surface area contributed by atoms with E-state index in [9.17, 15) is 0 Å². The van der Waals surface area contributed by atoms with Crippen LogP contribution in [-0.4, -0.2) is 13.4 Å². The molecule has 0 bridgehead atoms. The number of benzene rings is 1. The van der Waals surface area contributed by atoms with Crippen LogP contribution >= 0.6 is 0 Å². The van der Waals surface area contributed by atoms with E-state index in [1.807, 2.05) is 31.2 Å². The zero-order chi connectivity index (χ0) is 10.4. The molecule has 0 radical (unpaired) electrons. The van der Waals surface area contributed by atoms with Crippen molar-refractivity contribution in [3.8, 4) is 5.75 Å². The molecule has 0 aromatic heterocycles. The molecule has 1 aromatic rings.